The van der Waals surface area contributed by atoms with Gasteiger partial charge in [0.05, 0.1) is 26.9 Å². The molecule has 0 atom stereocenters. The van der Waals surface area contributed by atoms with E-state index >= 15 is 0 Å². The molecule has 0 aliphatic carbocycles. The Kier molecular flexibility index (Phi) is 6.72. The van der Waals surface area contributed by atoms with Crippen molar-refractivity contribution in [2.45, 2.75) is 6.42 Å². The van der Waals surface area contributed by atoms with Crippen LogP contribution in [0.4, 0.5) is 5.69 Å². The second kappa shape index (κ2) is 8.99. The Bertz CT molecular complexity index is 742. The molecule has 6 nitrogen and oxygen atoms in total. The summed E-state index contributed by atoms with van der Waals surface area (Å²) >= 11 is 0. The highest BCUT2D eigenvalue weighted by atomic mass is 16.5. The summed E-state index contributed by atoms with van der Waals surface area (Å²) < 4.78 is 15.9. The number of hydrogen-bond acceptors (Lipinski definition) is 5. The van der Waals surface area contributed by atoms with E-state index in [0.717, 1.165) is 17.7 Å². The lowest BCUT2D eigenvalue weighted by molar-refractivity contribution is 0.0950. The van der Waals surface area contributed by atoms with Crippen molar-refractivity contribution in [3.05, 3.63) is 47.5 Å². The second-order valence-corrected chi connectivity index (χ2v) is 5.95. The second-order valence-electron chi connectivity index (χ2n) is 5.95. The first kappa shape index (κ1) is 19.4. The summed E-state index contributed by atoms with van der Waals surface area (Å²) in [5, 5.41) is 2.92. The number of carbonyl (C=O) groups excluding carboxylic acids is 1. The molecule has 0 aromatic heterocycles. The van der Waals surface area contributed by atoms with Crippen LogP contribution in [-0.2, 0) is 6.42 Å². The predicted molar refractivity (Wildman–Crippen MR) is 103 cm³/mol. The Labute approximate surface area is 154 Å². The predicted octanol–water partition coefficient (Wildman–Crippen LogP) is 2.75. The quantitative estimate of drug-likeness (QED) is 0.786. The van der Waals surface area contributed by atoms with E-state index in [1.165, 1.54) is 14.2 Å². The highest BCUT2D eigenvalue weighted by Gasteiger charge is 2.20. The SMILES string of the molecule is COc1ccc(C(=O)NCCc2ccc(N(C)C)cc2)c(OC)c1OC. The summed E-state index contributed by atoms with van der Waals surface area (Å²) in [5.41, 5.74) is 2.72. The fourth-order valence-corrected chi connectivity index (χ4v) is 2.66. The number of anilines is 1. The zero-order valence-corrected chi connectivity index (χ0v) is 16.0. The molecule has 0 bridgehead atoms. The number of ether oxygens (including phenoxy) is 3. The van der Waals surface area contributed by atoms with Crippen molar-refractivity contribution in [1.82, 2.24) is 5.32 Å². The van der Waals surface area contributed by atoms with Crippen molar-refractivity contribution >= 4 is 11.6 Å². The minimum absolute atomic E-state index is 0.215. The van der Waals surface area contributed by atoms with Gasteiger partial charge in [-0.1, -0.05) is 12.1 Å². The van der Waals surface area contributed by atoms with E-state index in [4.69, 9.17) is 14.2 Å². The van der Waals surface area contributed by atoms with Gasteiger partial charge >= 0.3 is 0 Å². The Hall–Kier alpha value is -2.89. The van der Waals surface area contributed by atoms with Gasteiger partial charge in [0, 0.05) is 26.3 Å². The fraction of sp³-hybridized carbons (Fsp3) is 0.350. The zero-order valence-electron chi connectivity index (χ0n) is 16.0. The monoisotopic (exact) mass is 358 g/mol. The smallest absolute Gasteiger partial charge is 0.255 e. The van der Waals surface area contributed by atoms with Gasteiger partial charge in [0.1, 0.15) is 0 Å². The molecule has 0 saturated heterocycles. The molecule has 0 spiro atoms. The Balaban J connectivity index is 2.03. The van der Waals surface area contributed by atoms with Crippen molar-refractivity contribution in [1.29, 1.82) is 0 Å². The van der Waals surface area contributed by atoms with Gasteiger partial charge in [0.25, 0.3) is 5.91 Å². The standard InChI is InChI=1S/C20H26N2O4/c1-22(2)15-8-6-14(7-9-15)12-13-21-20(23)16-10-11-17(24-3)19(26-5)18(16)25-4/h6-11H,12-13H2,1-5H3,(H,21,23). The average molecular weight is 358 g/mol. The van der Waals surface area contributed by atoms with Crippen LogP contribution in [0.1, 0.15) is 15.9 Å². The maximum atomic E-state index is 12.5. The highest BCUT2D eigenvalue weighted by molar-refractivity contribution is 5.98. The number of rotatable bonds is 8. The number of carbonyl (C=O) groups is 1. The first-order valence-electron chi connectivity index (χ1n) is 8.35. The van der Waals surface area contributed by atoms with Crippen LogP contribution < -0.4 is 24.4 Å². The number of methoxy groups -OCH3 is 3. The van der Waals surface area contributed by atoms with Crippen LogP contribution in [0.15, 0.2) is 36.4 Å². The third-order valence-corrected chi connectivity index (χ3v) is 4.10. The summed E-state index contributed by atoms with van der Waals surface area (Å²) in [6.45, 7) is 0.525. The lowest BCUT2D eigenvalue weighted by Crippen LogP contribution is -2.26. The molecule has 6 heteroatoms. The van der Waals surface area contributed by atoms with E-state index in [2.05, 4.69) is 34.5 Å². The van der Waals surface area contributed by atoms with Gasteiger partial charge in [-0.3, -0.25) is 4.79 Å². The van der Waals surface area contributed by atoms with Crippen molar-refractivity contribution in [2.75, 3.05) is 46.9 Å². The van der Waals surface area contributed by atoms with Crippen LogP contribution in [-0.4, -0.2) is 47.9 Å². The minimum atomic E-state index is -0.215. The normalized spacial score (nSPS) is 10.2. The molecule has 2 rings (SSSR count). The van der Waals surface area contributed by atoms with Crippen molar-refractivity contribution in [2.24, 2.45) is 0 Å². The molecular weight excluding hydrogens is 332 g/mol. The van der Waals surface area contributed by atoms with Crippen LogP contribution in [0, 0.1) is 0 Å². The maximum Gasteiger partial charge on any atom is 0.255 e. The number of hydrogen-bond donors (Lipinski definition) is 1. The molecule has 0 aliphatic heterocycles. The van der Waals surface area contributed by atoms with Crippen molar-refractivity contribution in [3.8, 4) is 17.2 Å². The summed E-state index contributed by atoms with van der Waals surface area (Å²) in [7, 11) is 8.57. The highest BCUT2D eigenvalue weighted by Crippen LogP contribution is 2.39. The lowest BCUT2D eigenvalue weighted by Gasteiger charge is -2.15. The van der Waals surface area contributed by atoms with Crippen LogP contribution in [0.3, 0.4) is 0 Å². The van der Waals surface area contributed by atoms with Crippen LogP contribution in [0.2, 0.25) is 0 Å². The molecule has 26 heavy (non-hydrogen) atoms. The summed E-state index contributed by atoms with van der Waals surface area (Å²) in [6.07, 6.45) is 0.745. The summed E-state index contributed by atoms with van der Waals surface area (Å²) in [6, 6.07) is 11.6. The van der Waals surface area contributed by atoms with Gasteiger partial charge in [-0.2, -0.15) is 0 Å². The first-order chi connectivity index (χ1) is 12.5. The van der Waals surface area contributed by atoms with E-state index in [-0.39, 0.29) is 5.91 Å². The van der Waals surface area contributed by atoms with E-state index in [0.29, 0.717) is 29.4 Å². The van der Waals surface area contributed by atoms with Gasteiger partial charge in [-0.25, -0.2) is 0 Å². The van der Waals surface area contributed by atoms with E-state index in [9.17, 15) is 4.79 Å². The molecule has 0 unspecified atom stereocenters. The molecule has 0 saturated carbocycles. The topological polar surface area (TPSA) is 60.0 Å². The molecule has 2 aromatic rings. The Morgan fingerprint density at radius 2 is 1.58 bits per heavy atom. The maximum absolute atomic E-state index is 12.5. The molecular formula is C20H26N2O4. The van der Waals surface area contributed by atoms with E-state index < -0.39 is 0 Å². The van der Waals surface area contributed by atoms with Gasteiger partial charge in [0.15, 0.2) is 11.5 Å². The largest absolute Gasteiger partial charge is 0.493 e. The third-order valence-electron chi connectivity index (χ3n) is 4.10. The van der Waals surface area contributed by atoms with Crippen LogP contribution in [0.25, 0.3) is 0 Å². The molecule has 0 fully saturated rings. The average Bonchev–Trinajstić information content (AvgIpc) is 2.66. The molecule has 0 heterocycles. The summed E-state index contributed by atoms with van der Waals surface area (Å²) in [4.78, 5) is 14.6. The molecule has 0 radical (unpaired) electrons. The molecule has 1 amide bonds. The van der Waals surface area contributed by atoms with Crippen molar-refractivity contribution < 1.29 is 19.0 Å². The zero-order chi connectivity index (χ0) is 19.1. The third kappa shape index (κ3) is 4.39. The van der Waals surface area contributed by atoms with Gasteiger partial charge in [-0.15, -0.1) is 0 Å². The number of amides is 1. The lowest BCUT2D eigenvalue weighted by atomic mass is 10.1. The van der Waals surface area contributed by atoms with Crippen molar-refractivity contribution in [3.63, 3.8) is 0 Å². The van der Waals surface area contributed by atoms with Gasteiger partial charge < -0.3 is 24.4 Å². The Morgan fingerprint density at radius 1 is 0.923 bits per heavy atom. The van der Waals surface area contributed by atoms with Gasteiger partial charge in [-0.05, 0) is 36.2 Å². The fourth-order valence-electron chi connectivity index (χ4n) is 2.66. The Morgan fingerprint density at radius 3 is 2.12 bits per heavy atom. The summed E-state index contributed by atoms with van der Waals surface area (Å²) in [5.74, 6) is 1.07. The van der Waals surface area contributed by atoms with Gasteiger partial charge in [0.2, 0.25) is 5.75 Å². The van der Waals surface area contributed by atoms with Crippen LogP contribution in [0.5, 0.6) is 17.2 Å². The van der Waals surface area contributed by atoms with E-state index in [1.54, 1.807) is 19.2 Å². The number of benzene rings is 2. The molecule has 0 aliphatic rings. The molecule has 2 aromatic carbocycles. The minimum Gasteiger partial charge on any atom is -0.493 e. The number of nitrogens with one attached hydrogen (secondary N) is 1. The number of nitrogens with zero attached hydrogens (tertiary/aromatic N) is 1. The van der Waals surface area contributed by atoms with E-state index in [1.807, 2.05) is 14.1 Å². The molecule has 140 valence electrons. The molecule has 1 N–H and O–H groups in total. The first-order valence-corrected chi connectivity index (χ1v) is 8.35. The van der Waals surface area contributed by atoms with Crippen LogP contribution >= 0.6 is 0 Å².